The van der Waals surface area contributed by atoms with E-state index in [1.807, 2.05) is 12.1 Å². The van der Waals surface area contributed by atoms with Crippen LogP contribution < -0.4 is 5.32 Å². The summed E-state index contributed by atoms with van der Waals surface area (Å²) >= 11 is 11.4. The van der Waals surface area contributed by atoms with Crippen LogP contribution in [0.4, 0.5) is 4.39 Å². The van der Waals surface area contributed by atoms with Gasteiger partial charge in [-0.15, -0.1) is 5.10 Å². The largest absolute Gasteiger partial charge is 0.409 e. The van der Waals surface area contributed by atoms with Crippen LogP contribution in [0.5, 0.6) is 0 Å². The summed E-state index contributed by atoms with van der Waals surface area (Å²) in [4.78, 5) is 15.0. The number of hydrogen-bond donors (Lipinski definition) is 1. The Morgan fingerprint density at radius 1 is 1.22 bits per heavy atom. The van der Waals surface area contributed by atoms with Gasteiger partial charge in [-0.1, -0.05) is 35.9 Å². The van der Waals surface area contributed by atoms with E-state index in [2.05, 4.69) is 15.3 Å². The molecule has 0 unspecified atom stereocenters. The normalized spacial score (nSPS) is 15.1. The highest BCUT2D eigenvalue weighted by Crippen LogP contribution is 2.22. The first kappa shape index (κ1) is 22.6. The third-order valence-electron chi connectivity index (χ3n) is 5.62. The number of benzene rings is 2. The summed E-state index contributed by atoms with van der Waals surface area (Å²) in [5.74, 6) is 0.183. The molecule has 168 valence electrons. The molecule has 1 aliphatic heterocycles. The van der Waals surface area contributed by atoms with Crippen molar-refractivity contribution in [2.24, 2.45) is 5.92 Å². The van der Waals surface area contributed by atoms with E-state index in [9.17, 15) is 9.18 Å². The number of nitrogens with zero attached hydrogens (tertiary/aromatic N) is 3. The van der Waals surface area contributed by atoms with Crippen LogP contribution in [-0.4, -0.2) is 40.2 Å². The van der Waals surface area contributed by atoms with Crippen LogP contribution in [0.3, 0.4) is 0 Å². The number of likely N-dealkylation sites (tertiary alicyclic amines) is 1. The predicted molar refractivity (Wildman–Crippen MR) is 123 cm³/mol. The summed E-state index contributed by atoms with van der Waals surface area (Å²) in [6.07, 6.45) is 1.98. The van der Waals surface area contributed by atoms with Gasteiger partial charge >= 0.3 is 0 Å². The van der Waals surface area contributed by atoms with Crippen LogP contribution in [0.1, 0.15) is 18.4 Å². The molecule has 0 aliphatic carbocycles. The van der Waals surface area contributed by atoms with Crippen molar-refractivity contribution >= 4 is 29.7 Å². The quantitative estimate of drug-likeness (QED) is 0.503. The van der Waals surface area contributed by atoms with Crippen LogP contribution >= 0.6 is 23.8 Å². The van der Waals surface area contributed by atoms with Gasteiger partial charge in [0.05, 0.1) is 6.67 Å². The molecule has 0 saturated carbocycles. The Bertz CT molecular complexity index is 1140. The Kier molecular flexibility index (Phi) is 7.34. The Morgan fingerprint density at radius 3 is 2.75 bits per heavy atom. The molecule has 32 heavy (non-hydrogen) atoms. The van der Waals surface area contributed by atoms with Gasteiger partial charge in [0, 0.05) is 36.1 Å². The SMILES string of the molecule is O=C(NCCc1ccccc1F)C1CCN(Cn2nc(-c3cccc(Cl)c3)oc2=S)CC1. The van der Waals surface area contributed by atoms with Gasteiger partial charge in [0.25, 0.3) is 4.84 Å². The van der Waals surface area contributed by atoms with Crippen molar-refractivity contribution in [3.63, 3.8) is 0 Å². The highest BCUT2D eigenvalue weighted by atomic mass is 35.5. The van der Waals surface area contributed by atoms with E-state index in [1.165, 1.54) is 6.07 Å². The number of piperidine rings is 1. The van der Waals surface area contributed by atoms with Crippen molar-refractivity contribution < 1.29 is 13.6 Å². The van der Waals surface area contributed by atoms with Gasteiger partial charge in [-0.3, -0.25) is 9.69 Å². The van der Waals surface area contributed by atoms with Gasteiger partial charge in [-0.2, -0.15) is 0 Å². The summed E-state index contributed by atoms with van der Waals surface area (Å²) in [6, 6.07) is 13.9. The van der Waals surface area contributed by atoms with E-state index in [0.717, 1.165) is 31.5 Å². The minimum Gasteiger partial charge on any atom is -0.409 e. The van der Waals surface area contributed by atoms with Crippen LogP contribution in [0, 0.1) is 16.6 Å². The third kappa shape index (κ3) is 5.62. The summed E-state index contributed by atoms with van der Waals surface area (Å²) in [5, 5.41) is 8.03. The molecule has 2 heterocycles. The molecule has 4 rings (SSSR count). The molecule has 3 aromatic rings. The second-order valence-corrected chi connectivity index (χ2v) is 8.63. The topological polar surface area (TPSA) is 63.3 Å². The van der Waals surface area contributed by atoms with Crippen molar-refractivity contribution in [2.45, 2.75) is 25.9 Å². The molecule has 1 fully saturated rings. The maximum absolute atomic E-state index is 13.7. The van der Waals surface area contributed by atoms with Crippen molar-refractivity contribution in [3.8, 4) is 11.5 Å². The summed E-state index contributed by atoms with van der Waals surface area (Å²) in [5.41, 5.74) is 1.39. The van der Waals surface area contributed by atoms with Gasteiger partial charge in [0.1, 0.15) is 5.82 Å². The van der Waals surface area contributed by atoms with Gasteiger partial charge < -0.3 is 9.73 Å². The molecule has 0 bridgehead atoms. The molecular weight excluding hydrogens is 451 g/mol. The van der Waals surface area contributed by atoms with E-state index in [4.69, 9.17) is 28.2 Å². The molecule has 1 aromatic heterocycles. The molecule has 1 aliphatic rings. The number of rotatable bonds is 7. The Hall–Kier alpha value is -2.55. The number of carbonyl (C=O) groups excluding carboxylic acids is 1. The van der Waals surface area contributed by atoms with E-state index in [0.29, 0.717) is 40.9 Å². The van der Waals surface area contributed by atoms with E-state index < -0.39 is 0 Å². The lowest BCUT2D eigenvalue weighted by Crippen LogP contribution is -2.41. The number of halogens is 2. The fraction of sp³-hybridized carbons (Fsp3) is 0.348. The summed E-state index contributed by atoms with van der Waals surface area (Å²) in [6.45, 7) is 2.45. The lowest BCUT2D eigenvalue weighted by Gasteiger charge is -2.30. The summed E-state index contributed by atoms with van der Waals surface area (Å²) in [7, 11) is 0. The van der Waals surface area contributed by atoms with Crippen LogP contribution in [-0.2, 0) is 17.9 Å². The van der Waals surface area contributed by atoms with Crippen LogP contribution in [0.2, 0.25) is 5.02 Å². The first-order valence-electron chi connectivity index (χ1n) is 10.6. The highest BCUT2D eigenvalue weighted by molar-refractivity contribution is 7.71. The van der Waals surface area contributed by atoms with Gasteiger partial charge in [-0.05, 0) is 61.3 Å². The fourth-order valence-corrected chi connectivity index (χ4v) is 4.19. The van der Waals surface area contributed by atoms with Crippen molar-refractivity contribution in [2.75, 3.05) is 19.6 Å². The standard InChI is InChI=1S/C23H24ClFN4O2S/c24-19-6-3-5-18(14-19)22-27-29(23(32)31-22)15-28-12-9-17(10-13-28)21(30)26-11-8-16-4-1-2-7-20(16)25/h1-7,14,17H,8-13,15H2,(H,26,30). The molecule has 1 amide bonds. The average Bonchev–Trinajstić information content (AvgIpc) is 3.16. The fourth-order valence-electron chi connectivity index (χ4n) is 3.83. The third-order valence-corrected chi connectivity index (χ3v) is 6.15. The molecule has 6 nitrogen and oxygen atoms in total. The molecule has 0 spiro atoms. The van der Waals surface area contributed by atoms with Crippen molar-refractivity contribution in [3.05, 3.63) is 69.8 Å². The first-order chi connectivity index (χ1) is 15.5. The molecular formula is C23H24ClFN4O2S. The monoisotopic (exact) mass is 474 g/mol. The number of carbonyl (C=O) groups is 1. The second kappa shape index (κ2) is 10.4. The molecule has 0 radical (unpaired) electrons. The zero-order valence-electron chi connectivity index (χ0n) is 17.5. The second-order valence-electron chi connectivity index (χ2n) is 7.85. The number of aromatic nitrogens is 2. The van der Waals surface area contributed by atoms with Crippen molar-refractivity contribution in [1.82, 2.24) is 20.0 Å². The number of hydrogen-bond acceptors (Lipinski definition) is 5. The highest BCUT2D eigenvalue weighted by Gasteiger charge is 2.25. The molecule has 9 heteroatoms. The average molecular weight is 475 g/mol. The summed E-state index contributed by atoms with van der Waals surface area (Å²) < 4.78 is 21.0. The number of nitrogens with one attached hydrogen (secondary N) is 1. The van der Waals surface area contributed by atoms with E-state index >= 15 is 0 Å². The van der Waals surface area contributed by atoms with Crippen LogP contribution in [0.25, 0.3) is 11.5 Å². The van der Waals surface area contributed by atoms with Gasteiger partial charge in [0.2, 0.25) is 11.8 Å². The first-order valence-corrected chi connectivity index (χ1v) is 11.4. The zero-order chi connectivity index (χ0) is 22.5. The maximum atomic E-state index is 13.7. The Balaban J connectivity index is 1.26. The maximum Gasteiger partial charge on any atom is 0.288 e. The molecule has 2 aromatic carbocycles. The number of amides is 1. The van der Waals surface area contributed by atoms with Gasteiger partial charge in [0.15, 0.2) is 0 Å². The predicted octanol–water partition coefficient (Wildman–Crippen LogP) is 4.69. The van der Waals surface area contributed by atoms with E-state index in [-0.39, 0.29) is 17.6 Å². The van der Waals surface area contributed by atoms with Crippen molar-refractivity contribution in [1.29, 1.82) is 0 Å². The zero-order valence-corrected chi connectivity index (χ0v) is 19.0. The minimum atomic E-state index is -0.236. The van der Waals surface area contributed by atoms with Gasteiger partial charge in [-0.25, -0.2) is 9.07 Å². The minimum absolute atomic E-state index is 0.0299. The Labute approximate surface area is 196 Å². The smallest absolute Gasteiger partial charge is 0.288 e. The lowest BCUT2D eigenvalue weighted by atomic mass is 9.96. The molecule has 0 atom stereocenters. The van der Waals surface area contributed by atoms with E-state index in [1.54, 1.807) is 35.0 Å². The molecule has 1 saturated heterocycles. The Morgan fingerprint density at radius 2 is 2.00 bits per heavy atom. The molecule has 1 N–H and O–H groups in total. The van der Waals surface area contributed by atoms with Crippen LogP contribution in [0.15, 0.2) is 52.9 Å². The lowest BCUT2D eigenvalue weighted by molar-refractivity contribution is -0.126.